The van der Waals surface area contributed by atoms with Crippen LogP contribution in [0, 0.1) is 5.41 Å². The summed E-state index contributed by atoms with van der Waals surface area (Å²) in [5.74, 6) is -0.179. The third kappa shape index (κ3) is 6.40. The fourth-order valence-electron chi connectivity index (χ4n) is 3.17. The van der Waals surface area contributed by atoms with Gasteiger partial charge >= 0.3 is 0 Å². The van der Waals surface area contributed by atoms with Crippen LogP contribution in [-0.2, 0) is 0 Å². The second-order valence-corrected chi connectivity index (χ2v) is 8.79. The number of amides is 1. The summed E-state index contributed by atoms with van der Waals surface area (Å²) in [6.07, 6.45) is 4.31. The predicted octanol–water partition coefficient (Wildman–Crippen LogP) is 2.70. The number of benzene rings is 1. The molecule has 154 valence electrons. The average Bonchev–Trinajstić information content (AvgIpc) is 3.05. The average molecular weight is 433 g/mol. The van der Waals surface area contributed by atoms with Gasteiger partial charge in [0.2, 0.25) is 0 Å². The van der Waals surface area contributed by atoms with Crippen molar-refractivity contribution in [2.75, 3.05) is 44.7 Å². The van der Waals surface area contributed by atoms with Crippen molar-refractivity contribution in [3.05, 3.63) is 57.4 Å². The Morgan fingerprint density at radius 1 is 1.21 bits per heavy atom. The normalized spacial score (nSPS) is 15.8. The third-order valence-corrected chi connectivity index (χ3v) is 6.13. The molecule has 0 aliphatic carbocycles. The van der Waals surface area contributed by atoms with E-state index in [0.717, 1.165) is 37.4 Å². The van der Waals surface area contributed by atoms with Crippen LogP contribution in [0.5, 0.6) is 0 Å². The summed E-state index contributed by atoms with van der Waals surface area (Å²) in [5, 5.41) is 12.4. The number of nitrogens with two attached hydrogens (primary N) is 1. The molecule has 0 bridgehead atoms. The van der Waals surface area contributed by atoms with Gasteiger partial charge in [-0.05, 0) is 44.3 Å². The van der Waals surface area contributed by atoms with Gasteiger partial charge in [0.1, 0.15) is 11.9 Å². The molecule has 3 rings (SSSR count). The topological polar surface area (TPSA) is 76.0 Å². The maximum Gasteiger partial charge on any atom is 0.261 e. The highest BCUT2D eigenvalue weighted by Gasteiger charge is 2.13. The van der Waals surface area contributed by atoms with E-state index < -0.39 is 0 Å². The highest BCUT2D eigenvalue weighted by molar-refractivity contribution is 7.18. The van der Waals surface area contributed by atoms with Crippen LogP contribution in [0.4, 0.5) is 11.4 Å². The Morgan fingerprint density at radius 2 is 2.00 bits per heavy atom. The fraction of sp³-hybridized carbons (Fsp3) is 0.333. The maximum absolute atomic E-state index is 12.1. The first-order valence-electron chi connectivity index (χ1n) is 9.66. The van der Waals surface area contributed by atoms with Crippen molar-refractivity contribution in [1.29, 1.82) is 5.41 Å². The zero-order chi connectivity index (χ0) is 20.6. The summed E-state index contributed by atoms with van der Waals surface area (Å²) >= 11 is 7.11. The molecule has 1 fully saturated rings. The van der Waals surface area contributed by atoms with Crippen molar-refractivity contribution < 1.29 is 10.1 Å². The van der Waals surface area contributed by atoms with Gasteiger partial charge in [0.05, 0.1) is 9.21 Å². The molecule has 29 heavy (non-hydrogen) atoms. The van der Waals surface area contributed by atoms with Crippen molar-refractivity contribution in [1.82, 2.24) is 10.2 Å². The molecule has 2 heterocycles. The Labute approximate surface area is 180 Å². The van der Waals surface area contributed by atoms with Crippen molar-refractivity contribution in [3.8, 4) is 0 Å². The molecule has 0 atom stereocenters. The van der Waals surface area contributed by atoms with E-state index in [2.05, 4.69) is 46.4 Å². The molecule has 8 heteroatoms. The Bertz CT molecular complexity index is 864. The highest BCUT2D eigenvalue weighted by Crippen LogP contribution is 2.21. The lowest BCUT2D eigenvalue weighted by atomic mass is 10.2. The number of nitrogens with zero attached hydrogens (tertiary/aromatic N) is 2. The van der Waals surface area contributed by atoms with Gasteiger partial charge in [-0.1, -0.05) is 11.6 Å². The number of halogens is 1. The molecule has 0 saturated carbocycles. The minimum Gasteiger partial charge on any atom is -0.370 e. The molecular weight excluding hydrogens is 406 g/mol. The molecule has 1 aromatic heterocycles. The summed E-state index contributed by atoms with van der Waals surface area (Å²) in [6.45, 7) is 4.67. The van der Waals surface area contributed by atoms with Gasteiger partial charge in [-0.3, -0.25) is 10.1 Å². The van der Waals surface area contributed by atoms with Gasteiger partial charge < -0.3 is 20.5 Å². The number of carbonyl (C=O) groups is 1. The van der Waals surface area contributed by atoms with Crippen LogP contribution < -0.4 is 15.5 Å². The number of likely N-dealkylation sites (N-methyl/N-ethyl adjacent to an activating group) is 1. The molecule has 0 spiro atoms. The first-order chi connectivity index (χ1) is 14.0. The Kier molecular flexibility index (Phi) is 7.83. The molecule has 1 aliphatic rings. The van der Waals surface area contributed by atoms with E-state index in [1.54, 1.807) is 12.1 Å². The Morgan fingerprint density at radius 3 is 2.69 bits per heavy atom. The van der Waals surface area contributed by atoms with Crippen molar-refractivity contribution >= 4 is 46.4 Å². The smallest absolute Gasteiger partial charge is 0.261 e. The SMILES string of the molecule is CN1CCCN(c2ccc([NH2+]/C=C(\C=N)CNC(=O)c3ccc(Cl)s3)cc2)CC1. The van der Waals surface area contributed by atoms with Gasteiger partial charge in [-0.25, -0.2) is 0 Å². The molecule has 1 amide bonds. The minimum absolute atomic E-state index is 0.179. The molecule has 2 aromatic rings. The summed E-state index contributed by atoms with van der Waals surface area (Å²) in [6, 6.07) is 11.9. The van der Waals surface area contributed by atoms with E-state index >= 15 is 0 Å². The molecule has 6 nitrogen and oxygen atoms in total. The van der Waals surface area contributed by atoms with Crippen LogP contribution in [0.25, 0.3) is 0 Å². The van der Waals surface area contributed by atoms with Crippen LogP contribution in [0.15, 0.2) is 48.2 Å². The number of carbonyl (C=O) groups excluding carboxylic acids is 1. The van der Waals surface area contributed by atoms with Crippen molar-refractivity contribution in [2.45, 2.75) is 6.42 Å². The van der Waals surface area contributed by atoms with Crippen LogP contribution in [0.1, 0.15) is 16.1 Å². The minimum atomic E-state index is -0.179. The lowest BCUT2D eigenvalue weighted by Crippen LogP contribution is -2.71. The quantitative estimate of drug-likeness (QED) is 0.465. The molecule has 1 saturated heterocycles. The molecule has 1 aromatic carbocycles. The van der Waals surface area contributed by atoms with Crippen LogP contribution in [-0.4, -0.2) is 56.8 Å². The number of hydrogen-bond donors (Lipinski definition) is 3. The number of quaternary nitrogens is 1. The van der Waals surface area contributed by atoms with Crippen LogP contribution in [0.3, 0.4) is 0 Å². The van der Waals surface area contributed by atoms with E-state index in [9.17, 15) is 4.79 Å². The highest BCUT2D eigenvalue weighted by atomic mass is 35.5. The van der Waals surface area contributed by atoms with Crippen LogP contribution in [0.2, 0.25) is 4.34 Å². The van der Waals surface area contributed by atoms with Crippen molar-refractivity contribution in [3.63, 3.8) is 0 Å². The van der Waals surface area contributed by atoms with E-state index in [1.807, 2.05) is 11.5 Å². The third-order valence-electron chi connectivity index (χ3n) is 4.90. The summed E-state index contributed by atoms with van der Waals surface area (Å²) in [5.41, 5.74) is 3.03. The zero-order valence-corrected chi connectivity index (χ0v) is 18.1. The molecule has 4 N–H and O–H groups in total. The van der Waals surface area contributed by atoms with Gasteiger partial charge in [-0.15, -0.1) is 11.3 Å². The second-order valence-electron chi connectivity index (χ2n) is 7.07. The number of anilines is 1. The largest absolute Gasteiger partial charge is 0.370 e. The standard InChI is InChI=1S/C21H26ClN5OS/c1-26-9-2-10-27(12-11-26)18-5-3-17(4-6-18)24-14-16(13-23)15-25-21(28)19-7-8-20(22)29-19/h3-8,13-14,23-24H,2,9-12,15H2,1H3,(H,25,28)/p+1/b16-14+,23-13?. The lowest BCUT2D eigenvalue weighted by Gasteiger charge is -2.22. The number of hydrogen-bond acceptors (Lipinski definition) is 5. The monoisotopic (exact) mass is 432 g/mol. The number of rotatable bonds is 7. The lowest BCUT2D eigenvalue weighted by molar-refractivity contribution is -0.497. The van der Waals surface area contributed by atoms with E-state index in [1.165, 1.54) is 29.7 Å². The summed E-state index contributed by atoms with van der Waals surface area (Å²) in [4.78, 5) is 17.5. The summed E-state index contributed by atoms with van der Waals surface area (Å²) in [7, 11) is 2.17. The van der Waals surface area contributed by atoms with Gasteiger partial charge in [0, 0.05) is 55.8 Å². The molecule has 0 unspecified atom stereocenters. The fourth-order valence-corrected chi connectivity index (χ4v) is 4.13. The van der Waals surface area contributed by atoms with Gasteiger partial charge in [-0.2, -0.15) is 0 Å². The predicted molar refractivity (Wildman–Crippen MR) is 121 cm³/mol. The van der Waals surface area contributed by atoms with E-state index in [0.29, 0.717) is 15.8 Å². The maximum atomic E-state index is 12.1. The molecule has 0 radical (unpaired) electrons. The van der Waals surface area contributed by atoms with E-state index in [4.69, 9.17) is 17.0 Å². The summed E-state index contributed by atoms with van der Waals surface area (Å²) < 4.78 is 0.585. The molecule has 1 aliphatic heterocycles. The Hall–Kier alpha value is -2.19. The number of thiophene rings is 1. The first-order valence-corrected chi connectivity index (χ1v) is 10.9. The molecular formula is C21H27ClN5OS+. The first kappa shape index (κ1) is 21.5. The second kappa shape index (κ2) is 10.5. The van der Waals surface area contributed by atoms with Gasteiger partial charge in [0.25, 0.3) is 5.91 Å². The van der Waals surface area contributed by atoms with Gasteiger partial charge in [0.15, 0.2) is 0 Å². The number of nitrogens with one attached hydrogen (secondary N) is 2. The van der Waals surface area contributed by atoms with E-state index in [-0.39, 0.29) is 5.91 Å². The zero-order valence-electron chi connectivity index (χ0n) is 16.5. The van der Waals surface area contributed by atoms with Crippen molar-refractivity contribution in [2.24, 2.45) is 0 Å². The van der Waals surface area contributed by atoms with Crippen LogP contribution >= 0.6 is 22.9 Å². The Balaban J connectivity index is 1.53.